The van der Waals surface area contributed by atoms with Gasteiger partial charge in [0.15, 0.2) is 0 Å². The summed E-state index contributed by atoms with van der Waals surface area (Å²) < 4.78 is 6.03. The molecule has 0 saturated heterocycles. The van der Waals surface area contributed by atoms with Gasteiger partial charge in [0.1, 0.15) is 0 Å². The number of nitrogens with two attached hydrogens (primary N) is 1. The maximum atomic E-state index is 5.60. The van der Waals surface area contributed by atoms with Crippen molar-refractivity contribution >= 4 is 15.9 Å². The van der Waals surface area contributed by atoms with Crippen LogP contribution in [0.25, 0.3) is 0 Å². The lowest BCUT2D eigenvalue weighted by atomic mass is 10.0. The SMILES string of the molecule is COc1ccc(C(Cc2cccc(Br)c2)NN)nn1. The number of aromatic nitrogens is 2. The minimum absolute atomic E-state index is 0.0901. The van der Waals surface area contributed by atoms with Gasteiger partial charge in [-0.25, -0.2) is 0 Å². The van der Waals surface area contributed by atoms with E-state index in [9.17, 15) is 0 Å². The van der Waals surface area contributed by atoms with Crippen LogP contribution < -0.4 is 16.0 Å². The second kappa shape index (κ2) is 6.60. The summed E-state index contributed by atoms with van der Waals surface area (Å²) >= 11 is 3.45. The van der Waals surface area contributed by atoms with E-state index in [1.165, 1.54) is 0 Å². The van der Waals surface area contributed by atoms with Crippen molar-refractivity contribution in [3.8, 4) is 5.88 Å². The molecular formula is C13H15BrN4O. The lowest BCUT2D eigenvalue weighted by Gasteiger charge is -2.15. The Bertz CT molecular complexity index is 532. The first-order valence-corrected chi connectivity index (χ1v) is 6.60. The zero-order chi connectivity index (χ0) is 13.7. The fourth-order valence-electron chi connectivity index (χ4n) is 1.77. The highest BCUT2D eigenvalue weighted by atomic mass is 79.9. The van der Waals surface area contributed by atoms with Crippen LogP contribution in [0.15, 0.2) is 40.9 Å². The monoisotopic (exact) mass is 322 g/mol. The number of hydrogen-bond acceptors (Lipinski definition) is 5. The number of rotatable bonds is 5. The molecule has 1 aromatic carbocycles. The van der Waals surface area contributed by atoms with Crippen LogP contribution in [0.5, 0.6) is 5.88 Å². The summed E-state index contributed by atoms with van der Waals surface area (Å²) in [6.45, 7) is 0. The van der Waals surface area contributed by atoms with Crippen molar-refractivity contribution in [1.82, 2.24) is 15.6 Å². The molecule has 3 N–H and O–H groups in total. The molecule has 0 saturated carbocycles. The van der Waals surface area contributed by atoms with Crippen LogP contribution in [-0.2, 0) is 6.42 Å². The molecule has 0 aliphatic rings. The van der Waals surface area contributed by atoms with Gasteiger partial charge in [0, 0.05) is 10.5 Å². The van der Waals surface area contributed by atoms with Gasteiger partial charge in [-0.15, -0.1) is 5.10 Å². The van der Waals surface area contributed by atoms with E-state index in [-0.39, 0.29) is 6.04 Å². The minimum Gasteiger partial charge on any atom is -0.480 e. The van der Waals surface area contributed by atoms with Gasteiger partial charge < -0.3 is 4.74 Å². The Morgan fingerprint density at radius 2 is 2.16 bits per heavy atom. The lowest BCUT2D eigenvalue weighted by molar-refractivity contribution is 0.389. The number of hydrogen-bond donors (Lipinski definition) is 2. The molecule has 2 aromatic rings. The van der Waals surface area contributed by atoms with Crippen LogP contribution in [-0.4, -0.2) is 17.3 Å². The van der Waals surface area contributed by atoms with E-state index >= 15 is 0 Å². The molecule has 0 radical (unpaired) electrons. The molecule has 0 aliphatic heterocycles. The predicted octanol–water partition coefficient (Wildman–Crippen LogP) is 1.99. The van der Waals surface area contributed by atoms with Gasteiger partial charge in [-0.2, -0.15) is 5.10 Å². The van der Waals surface area contributed by atoms with E-state index in [0.717, 1.165) is 22.2 Å². The molecule has 0 spiro atoms. The van der Waals surface area contributed by atoms with Gasteiger partial charge >= 0.3 is 0 Å². The Balaban J connectivity index is 2.15. The second-order valence-electron chi connectivity index (χ2n) is 4.05. The zero-order valence-corrected chi connectivity index (χ0v) is 12.1. The van der Waals surface area contributed by atoms with Gasteiger partial charge in [-0.1, -0.05) is 28.1 Å². The molecule has 1 aromatic heterocycles. The summed E-state index contributed by atoms with van der Waals surface area (Å²) in [6, 6.07) is 11.6. The van der Waals surface area contributed by atoms with Crippen LogP contribution in [0.3, 0.4) is 0 Å². The molecule has 0 aliphatic carbocycles. The predicted molar refractivity (Wildman–Crippen MR) is 76.5 cm³/mol. The molecule has 6 heteroatoms. The first-order chi connectivity index (χ1) is 9.22. The maximum Gasteiger partial charge on any atom is 0.233 e. The van der Waals surface area contributed by atoms with Crippen molar-refractivity contribution in [2.45, 2.75) is 12.5 Å². The average molecular weight is 323 g/mol. The third-order valence-corrected chi connectivity index (χ3v) is 3.25. The van der Waals surface area contributed by atoms with Crippen molar-refractivity contribution < 1.29 is 4.74 Å². The fraction of sp³-hybridized carbons (Fsp3) is 0.231. The van der Waals surface area contributed by atoms with E-state index in [1.54, 1.807) is 13.2 Å². The number of methoxy groups -OCH3 is 1. The highest BCUT2D eigenvalue weighted by Gasteiger charge is 2.13. The number of ether oxygens (including phenoxy) is 1. The van der Waals surface area contributed by atoms with Crippen molar-refractivity contribution in [2.75, 3.05) is 7.11 Å². The maximum absolute atomic E-state index is 5.60. The van der Waals surface area contributed by atoms with Crippen LogP contribution in [0, 0.1) is 0 Å². The average Bonchev–Trinajstić information content (AvgIpc) is 2.45. The third kappa shape index (κ3) is 3.73. The Labute approximate surface area is 120 Å². The summed E-state index contributed by atoms with van der Waals surface area (Å²) in [5.74, 6) is 6.09. The molecule has 0 fully saturated rings. The molecule has 0 amide bonds. The van der Waals surface area contributed by atoms with Crippen molar-refractivity contribution in [1.29, 1.82) is 0 Å². The van der Waals surface area contributed by atoms with Crippen LogP contribution in [0.4, 0.5) is 0 Å². The normalized spacial score (nSPS) is 12.2. The molecule has 100 valence electrons. The first-order valence-electron chi connectivity index (χ1n) is 5.81. The quantitative estimate of drug-likeness (QED) is 0.650. The topological polar surface area (TPSA) is 73.1 Å². The van der Waals surface area contributed by atoms with Crippen molar-refractivity contribution in [3.05, 3.63) is 52.1 Å². The number of nitrogens with zero attached hydrogens (tertiary/aromatic N) is 2. The van der Waals surface area contributed by atoms with Crippen molar-refractivity contribution in [2.24, 2.45) is 5.84 Å². The van der Waals surface area contributed by atoms with E-state index in [1.807, 2.05) is 24.3 Å². The number of hydrazine groups is 1. The highest BCUT2D eigenvalue weighted by molar-refractivity contribution is 9.10. The van der Waals surface area contributed by atoms with Crippen LogP contribution in [0.2, 0.25) is 0 Å². The summed E-state index contributed by atoms with van der Waals surface area (Å²) in [5.41, 5.74) is 4.71. The van der Waals surface area contributed by atoms with Gasteiger partial charge in [0.05, 0.1) is 18.8 Å². The first kappa shape index (κ1) is 13.9. The molecule has 1 heterocycles. The molecule has 19 heavy (non-hydrogen) atoms. The molecule has 0 bridgehead atoms. The smallest absolute Gasteiger partial charge is 0.233 e. The molecule has 1 atom stereocenters. The Kier molecular flexibility index (Phi) is 4.84. The third-order valence-electron chi connectivity index (χ3n) is 2.76. The molecule has 2 rings (SSSR count). The molecule has 5 nitrogen and oxygen atoms in total. The van der Waals surface area contributed by atoms with E-state index in [0.29, 0.717) is 5.88 Å². The van der Waals surface area contributed by atoms with Gasteiger partial charge in [-0.05, 0) is 30.2 Å². The standard InChI is InChI=1S/C13H15BrN4O/c1-19-13-6-5-11(17-18-13)12(16-15)8-9-3-2-4-10(14)7-9/h2-7,12,16H,8,15H2,1H3. The van der Waals surface area contributed by atoms with Crippen molar-refractivity contribution in [3.63, 3.8) is 0 Å². The number of halogens is 1. The highest BCUT2D eigenvalue weighted by Crippen LogP contribution is 2.19. The number of benzene rings is 1. The largest absolute Gasteiger partial charge is 0.480 e. The molecular weight excluding hydrogens is 308 g/mol. The van der Waals surface area contributed by atoms with E-state index in [2.05, 4.69) is 37.6 Å². The number of nitrogens with one attached hydrogen (secondary N) is 1. The summed E-state index contributed by atoms with van der Waals surface area (Å²) in [4.78, 5) is 0. The molecule has 1 unspecified atom stereocenters. The fourth-order valence-corrected chi connectivity index (χ4v) is 2.22. The van der Waals surface area contributed by atoms with Crippen LogP contribution >= 0.6 is 15.9 Å². The minimum atomic E-state index is -0.0901. The Morgan fingerprint density at radius 3 is 2.74 bits per heavy atom. The van der Waals surface area contributed by atoms with Gasteiger partial charge in [0.25, 0.3) is 0 Å². The van der Waals surface area contributed by atoms with Gasteiger partial charge in [-0.3, -0.25) is 11.3 Å². The van der Waals surface area contributed by atoms with Gasteiger partial charge in [0.2, 0.25) is 5.88 Å². The Morgan fingerprint density at radius 1 is 1.32 bits per heavy atom. The van der Waals surface area contributed by atoms with E-state index < -0.39 is 0 Å². The summed E-state index contributed by atoms with van der Waals surface area (Å²) in [5, 5.41) is 8.06. The zero-order valence-electron chi connectivity index (χ0n) is 10.5. The van der Waals surface area contributed by atoms with Crippen LogP contribution in [0.1, 0.15) is 17.3 Å². The summed E-state index contributed by atoms with van der Waals surface area (Å²) in [7, 11) is 1.56. The Hall–Kier alpha value is -1.50. The lowest BCUT2D eigenvalue weighted by Crippen LogP contribution is -2.30. The van der Waals surface area contributed by atoms with E-state index in [4.69, 9.17) is 10.6 Å². The second-order valence-corrected chi connectivity index (χ2v) is 4.97. The summed E-state index contributed by atoms with van der Waals surface area (Å²) in [6.07, 6.45) is 0.733.